The standard InChI is InChI=1S/C22H24N2/c1-2-8-22(9-3-1)24-16-12-21(13-17-24)20-10-14-23(15-11-20)18-19-6-4-5-7-19/h1-3,8-17,19H,4-7,18H2/q+2. The summed E-state index contributed by atoms with van der Waals surface area (Å²) in [5.74, 6) is 0.877. The molecular weight excluding hydrogens is 292 g/mol. The topological polar surface area (TPSA) is 7.76 Å². The lowest BCUT2D eigenvalue weighted by Gasteiger charge is -2.05. The van der Waals surface area contributed by atoms with E-state index in [0.29, 0.717) is 0 Å². The van der Waals surface area contributed by atoms with Crippen LogP contribution < -0.4 is 9.13 Å². The molecule has 3 aromatic rings. The van der Waals surface area contributed by atoms with E-state index in [-0.39, 0.29) is 0 Å². The lowest BCUT2D eigenvalue weighted by Crippen LogP contribution is -2.35. The molecule has 0 spiro atoms. The normalized spacial score (nSPS) is 14.8. The van der Waals surface area contributed by atoms with Crippen LogP contribution >= 0.6 is 0 Å². The molecule has 4 rings (SSSR count). The van der Waals surface area contributed by atoms with Crippen LogP contribution in [0.2, 0.25) is 0 Å². The summed E-state index contributed by atoms with van der Waals surface area (Å²) in [6.45, 7) is 1.17. The van der Waals surface area contributed by atoms with E-state index in [9.17, 15) is 0 Å². The van der Waals surface area contributed by atoms with Gasteiger partial charge in [-0.3, -0.25) is 0 Å². The van der Waals surface area contributed by atoms with Crippen LogP contribution in [-0.4, -0.2) is 0 Å². The summed E-state index contributed by atoms with van der Waals surface area (Å²) in [4.78, 5) is 0. The van der Waals surface area contributed by atoms with Crippen molar-refractivity contribution in [1.29, 1.82) is 0 Å². The molecule has 0 bridgehead atoms. The van der Waals surface area contributed by atoms with Gasteiger partial charge in [0, 0.05) is 42.3 Å². The van der Waals surface area contributed by atoms with Gasteiger partial charge in [-0.05, 0) is 24.0 Å². The van der Waals surface area contributed by atoms with E-state index in [1.165, 1.54) is 49.0 Å². The van der Waals surface area contributed by atoms with E-state index in [0.717, 1.165) is 5.92 Å². The number of aromatic nitrogens is 2. The maximum absolute atomic E-state index is 2.34. The Balaban J connectivity index is 1.49. The van der Waals surface area contributed by atoms with Gasteiger partial charge in [0.1, 0.15) is 0 Å². The summed E-state index contributed by atoms with van der Waals surface area (Å²) in [5, 5.41) is 0. The molecule has 0 N–H and O–H groups in total. The molecule has 2 aromatic heterocycles. The molecule has 1 saturated carbocycles. The van der Waals surface area contributed by atoms with Crippen LogP contribution in [0.25, 0.3) is 16.8 Å². The van der Waals surface area contributed by atoms with E-state index in [1.54, 1.807) is 0 Å². The smallest absolute Gasteiger partial charge is 0.205 e. The molecule has 1 aliphatic carbocycles. The Bertz CT molecular complexity index is 770. The molecule has 120 valence electrons. The minimum Gasteiger partial charge on any atom is -0.205 e. The van der Waals surface area contributed by atoms with Crippen LogP contribution in [0.3, 0.4) is 0 Å². The molecule has 0 amide bonds. The third kappa shape index (κ3) is 3.38. The van der Waals surface area contributed by atoms with E-state index in [4.69, 9.17) is 0 Å². The molecule has 1 aliphatic rings. The average Bonchev–Trinajstić information content (AvgIpc) is 3.16. The first kappa shape index (κ1) is 15.1. The average molecular weight is 316 g/mol. The van der Waals surface area contributed by atoms with Crippen molar-refractivity contribution >= 4 is 0 Å². The van der Waals surface area contributed by atoms with Gasteiger partial charge in [-0.1, -0.05) is 31.0 Å². The molecule has 1 fully saturated rings. The van der Waals surface area contributed by atoms with Gasteiger partial charge >= 0.3 is 0 Å². The van der Waals surface area contributed by atoms with E-state index in [2.05, 4.69) is 82.5 Å². The van der Waals surface area contributed by atoms with Crippen LogP contribution in [0.15, 0.2) is 79.4 Å². The lowest BCUT2D eigenvalue weighted by atomic mass is 10.1. The third-order valence-corrected chi connectivity index (χ3v) is 5.05. The summed E-state index contributed by atoms with van der Waals surface area (Å²) in [5.41, 5.74) is 3.72. The van der Waals surface area contributed by atoms with Gasteiger partial charge in [-0.15, -0.1) is 0 Å². The zero-order valence-electron chi connectivity index (χ0n) is 14.0. The molecular formula is C22H24N2+2. The SMILES string of the molecule is c1ccc(-[n+]2ccc(-c3cc[n+](CC4CCCC4)cc3)cc2)cc1. The van der Waals surface area contributed by atoms with Crippen molar-refractivity contribution in [2.24, 2.45) is 5.92 Å². The number of pyridine rings is 2. The Morgan fingerprint density at radius 1 is 0.708 bits per heavy atom. The van der Waals surface area contributed by atoms with E-state index >= 15 is 0 Å². The predicted octanol–water partition coefficient (Wildman–Crippen LogP) is 4.11. The summed E-state index contributed by atoms with van der Waals surface area (Å²) in [6, 6.07) is 19.3. The molecule has 2 heteroatoms. The number of hydrogen-bond acceptors (Lipinski definition) is 0. The van der Waals surface area contributed by atoms with Crippen LogP contribution in [0.5, 0.6) is 0 Å². The molecule has 1 aromatic carbocycles. The van der Waals surface area contributed by atoms with E-state index in [1.807, 2.05) is 6.07 Å². The van der Waals surface area contributed by atoms with E-state index < -0.39 is 0 Å². The summed E-state index contributed by atoms with van der Waals surface area (Å²) in [7, 11) is 0. The van der Waals surface area contributed by atoms with Crippen molar-refractivity contribution < 1.29 is 9.13 Å². The summed E-state index contributed by atoms with van der Waals surface area (Å²) in [6.07, 6.45) is 14.3. The maximum atomic E-state index is 2.34. The third-order valence-electron chi connectivity index (χ3n) is 5.05. The second-order valence-electron chi connectivity index (χ2n) is 6.76. The minimum atomic E-state index is 0.877. The number of para-hydroxylation sites is 1. The van der Waals surface area contributed by atoms with Crippen LogP contribution in [-0.2, 0) is 6.54 Å². The number of rotatable bonds is 4. The maximum Gasteiger partial charge on any atom is 0.210 e. The molecule has 0 unspecified atom stereocenters. The van der Waals surface area contributed by atoms with Gasteiger partial charge in [-0.25, -0.2) is 4.57 Å². The quantitative estimate of drug-likeness (QED) is 0.640. The number of nitrogens with zero attached hydrogens (tertiary/aromatic N) is 2. The van der Waals surface area contributed by atoms with Crippen molar-refractivity contribution in [2.45, 2.75) is 32.2 Å². The highest BCUT2D eigenvalue weighted by Crippen LogP contribution is 2.24. The zero-order chi connectivity index (χ0) is 16.2. The van der Waals surface area contributed by atoms with Crippen LogP contribution in [0, 0.1) is 5.92 Å². The predicted molar refractivity (Wildman–Crippen MR) is 95.6 cm³/mol. The Kier molecular flexibility index (Phi) is 4.37. The van der Waals surface area contributed by atoms with Crippen molar-refractivity contribution in [3.8, 4) is 16.8 Å². The Morgan fingerprint density at radius 3 is 1.92 bits per heavy atom. The highest BCUT2D eigenvalue weighted by molar-refractivity contribution is 5.61. The fourth-order valence-electron chi connectivity index (χ4n) is 3.65. The number of hydrogen-bond donors (Lipinski definition) is 0. The van der Waals surface area contributed by atoms with Crippen LogP contribution in [0.4, 0.5) is 0 Å². The summed E-state index contributed by atoms with van der Waals surface area (Å²) < 4.78 is 4.49. The molecule has 24 heavy (non-hydrogen) atoms. The fourth-order valence-corrected chi connectivity index (χ4v) is 3.65. The van der Waals surface area contributed by atoms with Gasteiger partial charge in [0.05, 0.1) is 0 Å². The Hall–Kier alpha value is -2.48. The monoisotopic (exact) mass is 316 g/mol. The molecule has 0 atom stereocenters. The van der Waals surface area contributed by atoms with Gasteiger partial charge in [-0.2, -0.15) is 4.57 Å². The first-order valence-electron chi connectivity index (χ1n) is 8.95. The second kappa shape index (κ2) is 6.96. The Morgan fingerprint density at radius 2 is 1.29 bits per heavy atom. The number of benzene rings is 1. The highest BCUT2D eigenvalue weighted by Gasteiger charge is 2.19. The lowest BCUT2D eigenvalue weighted by molar-refractivity contribution is -0.703. The molecule has 0 saturated heterocycles. The first-order chi connectivity index (χ1) is 11.9. The van der Waals surface area contributed by atoms with Crippen molar-refractivity contribution in [3.05, 3.63) is 79.4 Å². The molecule has 0 radical (unpaired) electrons. The largest absolute Gasteiger partial charge is 0.210 e. The van der Waals surface area contributed by atoms with Gasteiger partial charge in [0.25, 0.3) is 0 Å². The zero-order valence-corrected chi connectivity index (χ0v) is 14.0. The summed E-state index contributed by atoms with van der Waals surface area (Å²) >= 11 is 0. The fraction of sp³-hybridized carbons (Fsp3) is 0.273. The molecule has 0 aliphatic heterocycles. The van der Waals surface area contributed by atoms with Crippen LogP contribution in [0.1, 0.15) is 25.7 Å². The van der Waals surface area contributed by atoms with Gasteiger partial charge in [0.15, 0.2) is 31.3 Å². The molecule has 2 heterocycles. The minimum absolute atomic E-state index is 0.877. The Labute approximate surface area is 144 Å². The van der Waals surface area contributed by atoms with Crippen molar-refractivity contribution in [2.75, 3.05) is 0 Å². The van der Waals surface area contributed by atoms with Crippen molar-refractivity contribution in [1.82, 2.24) is 0 Å². The van der Waals surface area contributed by atoms with Gasteiger partial charge < -0.3 is 0 Å². The van der Waals surface area contributed by atoms with Gasteiger partial charge in [0.2, 0.25) is 5.69 Å². The highest BCUT2D eigenvalue weighted by atomic mass is 14.9. The van der Waals surface area contributed by atoms with Crippen molar-refractivity contribution in [3.63, 3.8) is 0 Å². The molecule has 2 nitrogen and oxygen atoms in total. The second-order valence-corrected chi connectivity index (χ2v) is 6.76. The first-order valence-corrected chi connectivity index (χ1v) is 8.95.